The third kappa shape index (κ3) is 2.38. The van der Waals surface area contributed by atoms with E-state index in [0.29, 0.717) is 11.1 Å². The Morgan fingerprint density at radius 3 is 1.63 bits per heavy atom. The van der Waals surface area contributed by atoms with E-state index in [1.165, 1.54) is 24.3 Å². The number of fused-ring (bicyclic) bond motifs is 4. The first-order chi connectivity index (χ1) is 20.2. The second-order valence-corrected chi connectivity index (χ2v) is 12.6. The number of aliphatic hydroxyl groups excluding tert-OH is 3. The maximum atomic E-state index is 14.8. The van der Waals surface area contributed by atoms with E-state index < -0.39 is 110 Å². The highest BCUT2D eigenvalue weighted by Crippen LogP contribution is 2.80. The Morgan fingerprint density at radius 2 is 1.16 bits per heavy atom. The Bertz CT molecular complexity index is 1850. The number of aryl methyl sites for hydroxylation is 2. The monoisotopic (exact) mass is 584 g/mol. The number of aromatic hydroxyl groups is 2. The third-order valence-corrected chi connectivity index (χ3v) is 10.7. The van der Waals surface area contributed by atoms with Crippen LogP contribution in [0.5, 0.6) is 11.5 Å². The summed E-state index contributed by atoms with van der Waals surface area (Å²) in [5, 5.41) is 56.8. The molecule has 0 radical (unpaired) electrons. The van der Waals surface area contributed by atoms with Gasteiger partial charge in [-0.1, -0.05) is 0 Å². The van der Waals surface area contributed by atoms with Crippen LogP contribution in [0.4, 0.5) is 0 Å². The molecule has 218 valence electrons. The zero-order valence-electron chi connectivity index (χ0n) is 23.0. The van der Waals surface area contributed by atoms with E-state index in [1.54, 1.807) is 13.8 Å². The van der Waals surface area contributed by atoms with Gasteiger partial charge in [-0.2, -0.15) is 0 Å². The fraction of sp³-hybridized carbons (Fsp3) is 0.344. The van der Waals surface area contributed by atoms with Crippen LogP contribution in [0.25, 0.3) is 11.5 Å². The summed E-state index contributed by atoms with van der Waals surface area (Å²) in [7, 11) is 0. The highest BCUT2D eigenvalue weighted by atomic mass is 16.5. The van der Waals surface area contributed by atoms with Crippen molar-refractivity contribution in [2.24, 2.45) is 34.5 Å². The van der Waals surface area contributed by atoms with Crippen molar-refractivity contribution in [2.45, 2.75) is 33.0 Å². The number of hydrogen-bond acceptors (Lipinski definition) is 11. The minimum atomic E-state index is -2.29. The molecule has 8 rings (SSSR count). The number of allylic oxidation sites excluding steroid dienone is 2. The second kappa shape index (κ2) is 7.41. The largest absolute Gasteiger partial charge is 0.507 e. The molecule has 4 saturated carbocycles. The van der Waals surface area contributed by atoms with E-state index in [-0.39, 0.29) is 22.3 Å². The molecule has 2 aromatic carbocycles. The molecule has 6 aliphatic rings. The van der Waals surface area contributed by atoms with E-state index in [9.17, 15) is 49.5 Å². The molecule has 2 aromatic rings. The van der Waals surface area contributed by atoms with Crippen LogP contribution >= 0.6 is 0 Å². The molecule has 0 aliphatic heterocycles. The van der Waals surface area contributed by atoms with Crippen molar-refractivity contribution in [1.29, 1.82) is 0 Å². The minimum absolute atomic E-state index is 0.205. The number of carbonyl (C=O) groups excluding carboxylic acids is 5. The van der Waals surface area contributed by atoms with Gasteiger partial charge >= 0.3 is 5.97 Å². The summed E-state index contributed by atoms with van der Waals surface area (Å²) in [6.07, 6.45) is -3.21. The predicted octanol–water partition coefficient (Wildman–Crippen LogP) is 2.27. The Kier molecular flexibility index (Phi) is 4.46. The first-order valence-corrected chi connectivity index (χ1v) is 13.8. The Labute approximate surface area is 242 Å². The van der Waals surface area contributed by atoms with E-state index in [1.807, 2.05) is 0 Å². The van der Waals surface area contributed by atoms with Crippen LogP contribution in [-0.2, 0) is 19.1 Å². The molecule has 11 nitrogen and oxygen atoms in total. The van der Waals surface area contributed by atoms with Gasteiger partial charge in [-0.15, -0.1) is 0 Å². The van der Waals surface area contributed by atoms with E-state index in [4.69, 9.17) is 4.74 Å². The molecule has 0 unspecified atom stereocenters. The summed E-state index contributed by atoms with van der Waals surface area (Å²) in [4.78, 5) is 71.4. The molecule has 2 spiro atoms. The molecule has 8 atom stereocenters. The molecule has 0 aromatic heterocycles. The van der Waals surface area contributed by atoms with Gasteiger partial charge in [0, 0.05) is 29.9 Å². The summed E-state index contributed by atoms with van der Waals surface area (Å²) >= 11 is 0. The number of phenols is 2. The number of aliphatic hydroxyl groups is 3. The van der Waals surface area contributed by atoms with Crippen LogP contribution < -0.4 is 0 Å². The second-order valence-electron chi connectivity index (χ2n) is 12.6. The number of esters is 1. The zero-order chi connectivity index (χ0) is 30.8. The average Bonchev–Trinajstić information content (AvgIpc) is 3.27. The molecular formula is C32H24O11. The Hall–Kier alpha value is -4.77. The summed E-state index contributed by atoms with van der Waals surface area (Å²) in [5.41, 5.74) is -5.80. The number of ether oxygens (including phenoxy) is 1. The Morgan fingerprint density at radius 1 is 0.721 bits per heavy atom. The maximum absolute atomic E-state index is 14.8. The van der Waals surface area contributed by atoms with E-state index in [0.717, 1.165) is 6.92 Å². The lowest BCUT2D eigenvalue weighted by Crippen LogP contribution is -2.65. The highest BCUT2D eigenvalue weighted by Gasteiger charge is 2.90. The van der Waals surface area contributed by atoms with Crippen LogP contribution in [0.15, 0.2) is 35.4 Å². The van der Waals surface area contributed by atoms with Crippen LogP contribution in [0.1, 0.15) is 49.9 Å². The van der Waals surface area contributed by atoms with Gasteiger partial charge in [-0.05, 0) is 49.2 Å². The SMILES string of the molecule is CC(=O)O[C@@H]1[C@@H]2[C@H]3[C@H](O)[C@H]4C(=O)C5=C(O)c6c(O)cc(C)cc6C(=O)[C@@]53[C@H]1C(=O)C1=C(O)c3c(O)cc(C)cc3C(=O)[C@@]124. The lowest BCUT2D eigenvalue weighted by molar-refractivity contribution is -0.159. The summed E-state index contributed by atoms with van der Waals surface area (Å²) < 4.78 is 5.70. The first-order valence-electron chi connectivity index (χ1n) is 13.8. The van der Waals surface area contributed by atoms with Gasteiger partial charge in [0.1, 0.15) is 29.1 Å². The molecule has 6 aliphatic carbocycles. The topological polar surface area (TPSA) is 196 Å². The van der Waals surface area contributed by atoms with Crippen LogP contribution in [-0.4, -0.2) is 66.8 Å². The number of ketones is 4. The molecule has 4 fully saturated rings. The molecule has 4 bridgehead atoms. The van der Waals surface area contributed by atoms with Crippen molar-refractivity contribution in [2.75, 3.05) is 0 Å². The molecule has 0 heterocycles. The van der Waals surface area contributed by atoms with Crippen molar-refractivity contribution in [3.05, 3.63) is 68.8 Å². The van der Waals surface area contributed by atoms with Crippen molar-refractivity contribution >= 4 is 40.6 Å². The molecule has 43 heavy (non-hydrogen) atoms. The molecule has 11 heteroatoms. The average molecular weight is 585 g/mol. The summed E-state index contributed by atoms with van der Waals surface area (Å²) in [6.45, 7) is 4.26. The lowest BCUT2D eigenvalue weighted by atomic mass is 9.46. The summed E-state index contributed by atoms with van der Waals surface area (Å²) in [5.74, 6) is -13.2. The van der Waals surface area contributed by atoms with E-state index in [2.05, 4.69) is 0 Å². The van der Waals surface area contributed by atoms with Crippen molar-refractivity contribution in [3.63, 3.8) is 0 Å². The maximum Gasteiger partial charge on any atom is 0.302 e. The van der Waals surface area contributed by atoms with Crippen molar-refractivity contribution in [1.82, 2.24) is 0 Å². The predicted molar refractivity (Wildman–Crippen MR) is 144 cm³/mol. The number of phenolic OH excluding ortho intramolecular Hbond substituents is 2. The normalized spacial score (nSPS) is 36.1. The lowest BCUT2D eigenvalue weighted by Gasteiger charge is -2.54. The van der Waals surface area contributed by atoms with Gasteiger partial charge in [-0.25, -0.2) is 0 Å². The van der Waals surface area contributed by atoms with Gasteiger partial charge in [0.25, 0.3) is 0 Å². The zero-order valence-corrected chi connectivity index (χ0v) is 23.0. The van der Waals surface area contributed by atoms with Gasteiger partial charge in [-0.3, -0.25) is 24.0 Å². The molecular weight excluding hydrogens is 560 g/mol. The molecule has 5 N–H and O–H groups in total. The number of benzene rings is 2. The standard InChI is InChI=1S/C32H24O11/c1-8-4-11-15(13(34)6-8)23(36)19-26(39)21-25(38)17-18-28(43-10(3)33)22(31(17,19)29(11)41)27(40)20-24(37)16-12(30(42)32(18,20)21)5-9(2)7-14(16)35/h4-7,17-18,21-22,25,28,34-38H,1-3H3/t17-,18-,21-,22-,25-,28+,31+,32+/m0/s1. The van der Waals surface area contributed by atoms with Crippen LogP contribution in [0.3, 0.4) is 0 Å². The highest BCUT2D eigenvalue weighted by molar-refractivity contribution is 6.30. The van der Waals surface area contributed by atoms with Crippen molar-refractivity contribution in [3.8, 4) is 11.5 Å². The number of rotatable bonds is 1. The van der Waals surface area contributed by atoms with Gasteiger partial charge in [0.2, 0.25) is 0 Å². The quantitative estimate of drug-likeness (QED) is 0.309. The van der Waals surface area contributed by atoms with Gasteiger partial charge in [0.05, 0.1) is 51.0 Å². The van der Waals surface area contributed by atoms with E-state index >= 15 is 0 Å². The number of hydrogen-bond donors (Lipinski definition) is 5. The van der Waals surface area contributed by atoms with Crippen molar-refractivity contribution < 1.29 is 54.2 Å². The van der Waals surface area contributed by atoms with Crippen LogP contribution in [0.2, 0.25) is 0 Å². The third-order valence-electron chi connectivity index (χ3n) is 10.7. The molecule has 0 saturated heterocycles. The van der Waals surface area contributed by atoms with Gasteiger partial charge < -0.3 is 30.3 Å². The fourth-order valence-corrected chi connectivity index (χ4v) is 9.81. The first kappa shape index (κ1) is 25.9. The smallest absolute Gasteiger partial charge is 0.302 e. The van der Waals surface area contributed by atoms with Gasteiger partial charge in [0.15, 0.2) is 23.1 Å². The summed E-state index contributed by atoms with van der Waals surface area (Å²) in [6, 6.07) is 5.35. The number of carbonyl (C=O) groups is 5. The number of Topliss-reactive ketones (excluding diaryl/α,β-unsaturated/α-hetero) is 4. The Balaban J connectivity index is 1.56. The van der Waals surface area contributed by atoms with Crippen LogP contribution in [0, 0.1) is 48.3 Å². The molecule has 0 amide bonds. The minimum Gasteiger partial charge on any atom is -0.507 e. The fourth-order valence-electron chi connectivity index (χ4n) is 9.81.